The minimum atomic E-state index is -3.71. The van der Waals surface area contributed by atoms with Crippen LogP contribution in [-0.2, 0) is 19.6 Å². The molecule has 1 aliphatic rings. The molecule has 0 saturated carbocycles. The van der Waals surface area contributed by atoms with E-state index >= 15 is 0 Å². The molecule has 3 rings (SSSR count). The molecule has 1 fully saturated rings. The minimum Gasteiger partial charge on any atom is -0.449 e. The van der Waals surface area contributed by atoms with Crippen molar-refractivity contribution in [2.24, 2.45) is 0 Å². The molecule has 0 aliphatic carbocycles. The Morgan fingerprint density at radius 2 is 1.73 bits per heavy atom. The lowest BCUT2D eigenvalue weighted by molar-refractivity contribution is -0.126. The van der Waals surface area contributed by atoms with E-state index in [1.807, 2.05) is 6.07 Å². The van der Waals surface area contributed by atoms with Crippen molar-refractivity contribution >= 4 is 39.2 Å². The highest BCUT2D eigenvalue weighted by Gasteiger charge is 2.29. The average molecular weight is 451 g/mol. The number of carbonyl (C=O) groups is 2. The first kappa shape index (κ1) is 22.3. The smallest absolute Gasteiger partial charge is 0.340 e. The molecule has 1 atom stereocenters. The SMILES string of the molecule is CC(OC(=O)c1cc(S(=O)(=O)N2CCCC2)ccc1Cl)C(=O)N(C)c1ccccc1. The lowest BCUT2D eigenvalue weighted by Gasteiger charge is -2.22. The third-order valence-electron chi connectivity index (χ3n) is 4.97. The highest BCUT2D eigenvalue weighted by atomic mass is 35.5. The van der Waals surface area contributed by atoms with Crippen LogP contribution in [-0.4, -0.2) is 50.8 Å². The van der Waals surface area contributed by atoms with Crippen molar-refractivity contribution in [2.75, 3.05) is 25.0 Å². The van der Waals surface area contributed by atoms with Crippen molar-refractivity contribution in [3.8, 4) is 0 Å². The molecular formula is C21H23ClN2O5S. The fourth-order valence-corrected chi connectivity index (χ4v) is 4.96. The zero-order valence-electron chi connectivity index (χ0n) is 16.7. The van der Waals surface area contributed by atoms with Gasteiger partial charge in [-0.2, -0.15) is 4.31 Å². The summed E-state index contributed by atoms with van der Waals surface area (Å²) < 4.78 is 32.2. The predicted molar refractivity (Wildman–Crippen MR) is 114 cm³/mol. The van der Waals surface area contributed by atoms with Gasteiger partial charge in [-0.1, -0.05) is 29.8 Å². The van der Waals surface area contributed by atoms with E-state index in [9.17, 15) is 18.0 Å². The van der Waals surface area contributed by atoms with E-state index in [1.54, 1.807) is 31.3 Å². The number of likely N-dealkylation sites (N-methyl/N-ethyl adjacent to an activating group) is 1. The summed E-state index contributed by atoms with van der Waals surface area (Å²) in [5, 5.41) is 0.0523. The van der Waals surface area contributed by atoms with E-state index in [0.29, 0.717) is 18.8 Å². The van der Waals surface area contributed by atoms with Crippen LogP contribution in [0.15, 0.2) is 53.4 Å². The number of para-hydroxylation sites is 1. The number of amides is 1. The summed E-state index contributed by atoms with van der Waals surface area (Å²) in [5.74, 6) is -1.28. The fourth-order valence-electron chi connectivity index (χ4n) is 3.22. The quantitative estimate of drug-likeness (QED) is 0.630. The molecule has 1 saturated heterocycles. The Kier molecular flexibility index (Phi) is 6.80. The molecule has 1 unspecified atom stereocenters. The molecule has 0 N–H and O–H groups in total. The Morgan fingerprint density at radius 1 is 1.10 bits per heavy atom. The van der Waals surface area contributed by atoms with Crippen LogP contribution < -0.4 is 4.90 Å². The normalized spacial score (nSPS) is 15.6. The maximum atomic E-state index is 12.8. The van der Waals surface area contributed by atoms with E-state index in [4.69, 9.17) is 16.3 Å². The number of anilines is 1. The molecule has 30 heavy (non-hydrogen) atoms. The Balaban J connectivity index is 1.77. The second-order valence-electron chi connectivity index (χ2n) is 7.03. The second kappa shape index (κ2) is 9.16. The topological polar surface area (TPSA) is 84.0 Å². The van der Waals surface area contributed by atoms with Crippen LogP contribution in [0.5, 0.6) is 0 Å². The van der Waals surface area contributed by atoms with E-state index in [2.05, 4.69) is 0 Å². The predicted octanol–water partition coefficient (Wildman–Crippen LogP) is 3.33. The molecule has 2 aromatic rings. The van der Waals surface area contributed by atoms with Gasteiger partial charge >= 0.3 is 5.97 Å². The highest BCUT2D eigenvalue weighted by Crippen LogP contribution is 2.26. The first-order chi connectivity index (χ1) is 14.2. The summed E-state index contributed by atoms with van der Waals surface area (Å²) >= 11 is 6.12. The Morgan fingerprint density at radius 3 is 2.37 bits per heavy atom. The van der Waals surface area contributed by atoms with Crippen LogP contribution in [0, 0.1) is 0 Å². The summed E-state index contributed by atoms with van der Waals surface area (Å²) in [6.07, 6.45) is 0.518. The number of esters is 1. The molecule has 0 bridgehead atoms. The summed E-state index contributed by atoms with van der Waals surface area (Å²) in [7, 11) is -2.13. The van der Waals surface area contributed by atoms with Crippen molar-refractivity contribution in [3.05, 3.63) is 59.1 Å². The van der Waals surface area contributed by atoms with E-state index < -0.39 is 28.0 Å². The molecule has 1 heterocycles. The lowest BCUT2D eigenvalue weighted by atomic mass is 10.2. The maximum absolute atomic E-state index is 12.8. The van der Waals surface area contributed by atoms with Gasteiger partial charge in [-0.05, 0) is 50.1 Å². The third-order valence-corrected chi connectivity index (χ3v) is 7.19. The number of halogens is 1. The molecule has 1 aliphatic heterocycles. The number of benzene rings is 2. The lowest BCUT2D eigenvalue weighted by Crippen LogP contribution is -2.37. The van der Waals surface area contributed by atoms with Gasteiger partial charge in [0, 0.05) is 25.8 Å². The number of carbonyl (C=O) groups excluding carboxylic acids is 2. The Labute approximate surface area is 181 Å². The van der Waals surface area contributed by atoms with Gasteiger partial charge in [-0.3, -0.25) is 4.79 Å². The van der Waals surface area contributed by atoms with Crippen LogP contribution in [0.3, 0.4) is 0 Å². The maximum Gasteiger partial charge on any atom is 0.340 e. The van der Waals surface area contributed by atoms with E-state index in [1.165, 1.54) is 34.3 Å². The standard InChI is InChI=1S/C21H23ClN2O5S/c1-15(20(25)23(2)16-8-4-3-5-9-16)29-21(26)18-14-17(10-11-19(18)22)30(27,28)24-12-6-7-13-24/h3-5,8-11,14-15H,6-7,12-13H2,1-2H3. The molecular weight excluding hydrogens is 428 g/mol. The number of hydrogen-bond acceptors (Lipinski definition) is 5. The summed E-state index contributed by atoms with van der Waals surface area (Å²) in [6.45, 7) is 2.35. The summed E-state index contributed by atoms with van der Waals surface area (Å²) in [4.78, 5) is 26.6. The number of hydrogen-bond donors (Lipinski definition) is 0. The van der Waals surface area contributed by atoms with Gasteiger partial charge in [0.1, 0.15) is 0 Å². The zero-order chi connectivity index (χ0) is 21.9. The largest absolute Gasteiger partial charge is 0.449 e. The number of sulfonamides is 1. The molecule has 2 aromatic carbocycles. The molecule has 9 heteroatoms. The molecule has 1 amide bonds. The monoisotopic (exact) mass is 450 g/mol. The summed E-state index contributed by atoms with van der Waals surface area (Å²) in [5.41, 5.74) is 0.557. The van der Waals surface area contributed by atoms with Gasteiger partial charge in [-0.15, -0.1) is 0 Å². The number of nitrogens with zero attached hydrogens (tertiary/aromatic N) is 2. The van der Waals surface area contributed by atoms with Crippen LogP contribution in [0.4, 0.5) is 5.69 Å². The highest BCUT2D eigenvalue weighted by molar-refractivity contribution is 7.89. The minimum absolute atomic E-state index is 0.0267. The molecule has 160 valence electrons. The first-order valence-corrected chi connectivity index (χ1v) is 11.4. The molecule has 0 aromatic heterocycles. The van der Waals surface area contributed by atoms with Crippen LogP contribution >= 0.6 is 11.6 Å². The fraction of sp³-hybridized carbons (Fsp3) is 0.333. The van der Waals surface area contributed by atoms with E-state index in [-0.39, 0.29) is 15.5 Å². The van der Waals surface area contributed by atoms with Crippen molar-refractivity contribution in [1.29, 1.82) is 0 Å². The van der Waals surface area contributed by atoms with Gasteiger partial charge in [0.2, 0.25) is 10.0 Å². The van der Waals surface area contributed by atoms with Gasteiger partial charge in [0.25, 0.3) is 5.91 Å². The Hall–Kier alpha value is -2.42. The zero-order valence-corrected chi connectivity index (χ0v) is 18.3. The van der Waals surface area contributed by atoms with Gasteiger partial charge in [-0.25, -0.2) is 13.2 Å². The van der Waals surface area contributed by atoms with Gasteiger partial charge < -0.3 is 9.64 Å². The number of rotatable bonds is 6. The van der Waals surface area contributed by atoms with Crippen LogP contribution in [0.2, 0.25) is 5.02 Å². The third kappa shape index (κ3) is 4.66. The molecule has 0 spiro atoms. The summed E-state index contributed by atoms with van der Waals surface area (Å²) in [6, 6.07) is 12.9. The van der Waals surface area contributed by atoms with Gasteiger partial charge in [0.15, 0.2) is 6.10 Å². The van der Waals surface area contributed by atoms with Crippen molar-refractivity contribution < 1.29 is 22.7 Å². The average Bonchev–Trinajstić information content (AvgIpc) is 3.29. The number of ether oxygens (including phenoxy) is 1. The van der Waals surface area contributed by atoms with E-state index in [0.717, 1.165) is 12.8 Å². The van der Waals surface area contributed by atoms with Crippen LogP contribution in [0.25, 0.3) is 0 Å². The molecule has 0 radical (unpaired) electrons. The first-order valence-electron chi connectivity index (χ1n) is 9.55. The van der Waals surface area contributed by atoms with Crippen molar-refractivity contribution in [1.82, 2.24) is 4.31 Å². The Bertz CT molecular complexity index is 1040. The van der Waals surface area contributed by atoms with Crippen LogP contribution in [0.1, 0.15) is 30.1 Å². The van der Waals surface area contributed by atoms with Crippen molar-refractivity contribution in [2.45, 2.75) is 30.8 Å². The molecule has 7 nitrogen and oxygen atoms in total. The second-order valence-corrected chi connectivity index (χ2v) is 9.38. The van der Waals surface area contributed by atoms with Crippen molar-refractivity contribution in [3.63, 3.8) is 0 Å². The van der Waals surface area contributed by atoms with Gasteiger partial charge in [0.05, 0.1) is 15.5 Å².